The minimum Gasteiger partial charge on any atom is -0.454 e. The van der Waals surface area contributed by atoms with Gasteiger partial charge in [-0.2, -0.15) is 0 Å². The van der Waals surface area contributed by atoms with Crippen molar-refractivity contribution in [2.75, 3.05) is 38.9 Å². The van der Waals surface area contributed by atoms with Gasteiger partial charge < -0.3 is 14.4 Å². The highest BCUT2D eigenvalue weighted by Crippen LogP contribution is 2.39. The lowest BCUT2D eigenvalue weighted by atomic mass is 10.3. The molecule has 0 fully saturated rings. The number of anilines is 1. The summed E-state index contributed by atoms with van der Waals surface area (Å²) in [5.41, 5.74) is 0.817. The predicted molar refractivity (Wildman–Crippen MR) is 122 cm³/mol. The van der Waals surface area contributed by atoms with Crippen molar-refractivity contribution in [2.45, 2.75) is 6.42 Å². The van der Waals surface area contributed by atoms with Crippen LogP contribution in [0, 0.1) is 0 Å². The van der Waals surface area contributed by atoms with E-state index in [0.29, 0.717) is 17.4 Å². The number of hydrogen-bond donors (Lipinski definition) is 0. The van der Waals surface area contributed by atoms with E-state index in [9.17, 15) is 4.79 Å². The van der Waals surface area contributed by atoms with Crippen molar-refractivity contribution in [1.29, 1.82) is 0 Å². The molecular formula is C20H22ClN3O3S2. The number of benzene rings is 1. The molecule has 0 bridgehead atoms. The molecule has 0 aliphatic carbocycles. The zero-order valence-corrected chi connectivity index (χ0v) is 18.6. The fraction of sp³-hybridized carbons (Fsp3) is 0.300. The van der Waals surface area contributed by atoms with Crippen molar-refractivity contribution in [3.8, 4) is 11.5 Å². The molecule has 6 nitrogen and oxygen atoms in total. The van der Waals surface area contributed by atoms with Crippen molar-refractivity contribution in [2.24, 2.45) is 0 Å². The zero-order valence-electron chi connectivity index (χ0n) is 16.2. The molecule has 1 amide bonds. The second-order valence-corrected chi connectivity index (χ2v) is 8.65. The Hall–Kier alpha value is -2.13. The van der Waals surface area contributed by atoms with Crippen LogP contribution in [0.15, 0.2) is 35.7 Å². The fourth-order valence-corrected chi connectivity index (χ4v) is 4.52. The van der Waals surface area contributed by atoms with Gasteiger partial charge in [0.1, 0.15) is 0 Å². The largest absolute Gasteiger partial charge is 0.454 e. The molecule has 29 heavy (non-hydrogen) atoms. The molecule has 1 aromatic carbocycles. The van der Waals surface area contributed by atoms with Gasteiger partial charge in [-0.25, -0.2) is 4.98 Å². The van der Waals surface area contributed by atoms with Gasteiger partial charge >= 0.3 is 0 Å². The molecule has 1 aliphatic heterocycles. The molecule has 2 aromatic heterocycles. The van der Waals surface area contributed by atoms with Crippen LogP contribution in [-0.4, -0.2) is 49.8 Å². The number of carbonyl (C=O) groups is 1. The van der Waals surface area contributed by atoms with E-state index in [1.807, 2.05) is 49.8 Å². The maximum atomic E-state index is 12.9. The van der Waals surface area contributed by atoms with E-state index < -0.39 is 0 Å². The molecule has 0 radical (unpaired) electrons. The Morgan fingerprint density at radius 1 is 1.24 bits per heavy atom. The van der Waals surface area contributed by atoms with Crippen molar-refractivity contribution >= 4 is 62.4 Å². The first-order valence-electron chi connectivity index (χ1n) is 8.98. The molecule has 4 rings (SSSR count). The van der Waals surface area contributed by atoms with Crippen LogP contribution in [0.1, 0.15) is 11.3 Å². The Bertz CT molecular complexity index is 961. The second kappa shape index (κ2) is 9.58. The number of fused-ring (bicyclic) bond motifs is 2. The summed E-state index contributed by atoms with van der Waals surface area (Å²) in [4.78, 5) is 22.6. The molecule has 3 aromatic rings. The van der Waals surface area contributed by atoms with Crippen LogP contribution < -0.4 is 14.4 Å². The molecule has 9 heteroatoms. The molecule has 0 saturated carbocycles. The molecule has 154 valence electrons. The summed E-state index contributed by atoms with van der Waals surface area (Å²) in [5, 5.41) is 2.69. The van der Waals surface area contributed by atoms with Crippen LogP contribution in [0.3, 0.4) is 0 Å². The third-order valence-electron chi connectivity index (χ3n) is 4.29. The topological polar surface area (TPSA) is 54.9 Å². The van der Waals surface area contributed by atoms with Crippen LogP contribution in [0.4, 0.5) is 5.13 Å². The third kappa shape index (κ3) is 5.08. The first-order valence-corrected chi connectivity index (χ1v) is 10.7. The van der Waals surface area contributed by atoms with Crippen molar-refractivity contribution < 1.29 is 14.3 Å². The first-order chi connectivity index (χ1) is 13.6. The summed E-state index contributed by atoms with van der Waals surface area (Å²) in [7, 11) is 4.06. The summed E-state index contributed by atoms with van der Waals surface area (Å²) >= 11 is 3.10. The Morgan fingerprint density at radius 2 is 2.03 bits per heavy atom. The lowest BCUT2D eigenvalue weighted by Crippen LogP contribution is -2.32. The molecule has 0 atom stereocenters. The molecule has 3 heterocycles. The van der Waals surface area contributed by atoms with Gasteiger partial charge in [-0.1, -0.05) is 17.4 Å². The standard InChI is InChI=1S/C20H21N3O3S2.ClH/c1-22(2)8-4-9-23(19(24)7-6-14-5-3-10-27-14)20-21-15-11-16-17(26-13-25-16)12-18(15)28-20;/h3,5-7,10-12H,4,8-9,13H2,1-2H3;1H. The smallest absolute Gasteiger partial charge is 0.252 e. The number of thiazole rings is 1. The summed E-state index contributed by atoms with van der Waals surface area (Å²) in [6, 6.07) is 7.77. The van der Waals surface area contributed by atoms with Crippen LogP contribution >= 0.6 is 35.1 Å². The minimum atomic E-state index is -0.0637. The quantitative estimate of drug-likeness (QED) is 0.495. The highest BCUT2D eigenvalue weighted by molar-refractivity contribution is 7.22. The van der Waals surface area contributed by atoms with Crippen molar-refractivity contribution in [1.82, 2.24) is 9.88 Å². The van der Waals surface area contributed by atoms with E-state index in [0.717, 1.165) is 33.8 Å². The van der Waals surface area contributed by atoms with Gasteiger partial charge in [0, 0.05) is 29.6 Å². The fourth-order valence-electron chi connectivity index (χ4n) is 2.90. The van der Waals surface area contributed by atoms with E-state index in [1.54, 1.807) is 22.3 Å². The number of carbonyl (C=O) groups excluding carboxylic acids is 1. The molecular weight excluding hydrogens is 430 g/mol. The summed E-state index contributed by atoms with van der Waals surface area (Å²) < 4.78 is 11.9. The minimum absolute atomic E-state index is 0. The lowest BCUT2D eigenvalue weighted by Gasteiger charge is -2.19. The summed E-state index contributed by atoms with van der Waals surface area (Å²) in [6.07, 6.45) is 4.35. The lowest BCUT2D eigenvalue weighted by molar-refractivity contribution is -0.114. The Labute approximate surface area is 183 Å². The average molecular weight is 452 g/mol. The van der Waals surface area contributed by atoms with Gasteiger partial charge in [-0.05, 0) is 44.6 Å². The summed E-state index contributed by atoms with van der Waals surface area (Å²) in [5.74, 6) is 1.37. The van der Waals surface area contributed by atoms with Crippen LogP contribution in [0.5, 0.6) is 11.5 Å². The van der Waals surface area contributed by atoms with Gasteiger partial charge in [-0.3, -0.25) is 9.69 Å². The predicted octanol–water partition coefficient (Wildman–Crippen LogP) is 4.51. The van der Waals surface area contributed by atoms with Gasteiger partial charge in [0.05, 0.1) is 10.2 Å². The van der Waals surface area contributed by atoms with Crippen molar-refractivity contribution in [3.05, 3.63) is 40.6 Å². The van der Waals surface area contributed by atoms with E-state index in [4.69, 9.17) is 14.5 Å². The number of nitrogens with zero attached hydrogens (tertiary/aromatic N) is 3. The maximum Gasteiger partial charge on any atom is 0.252 e. The third-order valence-corrected chi connectivity index (χ3v) is 6.17. The van der Waals surface area contributed by atoms with Crippen LogP contribution in [0.25, 0.3) is 16.3 Å². The van der Waals surface area contributed by atoms with Gasteiger partial charge in [0.2, 0.25) is 6.79 Å². The summed E-state index contributed by atoms with van der Waals surface area (Å²) in [6.45, 7) is 1.75. The molecule has 0 N–H and O–H groups in total. The number of hydrogen-bond acceptors (Lipinski definition) is 7. The number of rotatable bonds is 7. The monoisotopic (exact) mass is 451 g/mol. The van der Waals surface area contributed by atoms with E-state index in [1.165, 1.54) is 11.3 Å². The number of thiophene rings is 1. The Kier molecular flexibility index (Phi) is 7.13. The molecule has 0 unspecified atom stereocenters. The maximum absolute atomic E-state index is 12.9. The van der Waals surface area contributed by atoms with Crippen LogP contribution in [-0.2, 0) is 4.79 Å². The van der Waals surface area contributed by atoms with E-state index in [2.05, 4.69) is 4.90 Å². The molecule has 1 aliphatic rings. The highest BCUT2D eigenvalue weighted by atomic mass is 35.5. The van der Waals surface area contributed by atoms with Gasteiger partial charge in [0.25, 0.3) is 5.91 Å². The Morgan fingerprint density at radius 3 is 2.76 bits per heavy atom. The van der Waals surface area contributed by atoms with Crippen LogP contribution in [0.2, 0.25) is 0 Å². The number of amides is 1. The number of halogens is 1. The van der Waals surface area contributed by atoms with Gasteiger partial charge in [0.15, 0.2) is 16.6 Å². The van der Waals surface area contributed by atoms with Crippen molar-refractivity contribution in [3.63, 3.8) is 0 Å². The second-order valence-electron chi connectivity index (χ2n) is 6.67. The number of aromatic nitrogens is 1. The molecule has 0 saturated heterocycles. The highest BCUT2D eigenvalue weighted by Gasteiger charge is 2.21. The molecule has 0 spiro atoms. The van der Waals surface area contributed by atoms with E-state index in [-0.39, 0.29) is 25.1 Å². The average Bonchev–Trinajstić information content (AvgIpc) is 3.40. The first kappa shape index (κ1) is 21.6. The zero-order chi connectivity index (χ0) is 19.5. The van der Waals surface area contributed by atoms with E-state index >= 15 is 0 Å². The SMILES string of the molecule is CN(C)CCCN(C(=O)C=Cc1cccs1)c1nc2cc3c(cc2s1)OCO3.Cl. The van der Waals surface area contributed by atoms with Gasteiger partial charge in [-0.15, -0.1) is 23.7 Å². The number of ether oxygens (including phenoxy) is 2. The Balaban J connectivity index is 0.00000240. The normalized spacial score (nSPS) is 12.7.